The number of aliphatic carboxylic acids is 1. The van der Waals surface area contributed by atoms with E-state index in [9.17, 15) is 37.6 Å². The van der Waals surface area contributed by atoms with E-state index in [1.54, 1.807) is 30.3 Å². The van der Waals surface area contributed by atoms with Crippen molar-refractivity contribution in [3.63, 3.8) is 0 Å². The first kappa shape index (κ1) is 32.2. The number of thioether (sulfide) groups is 2. The molecular weight excluding hydrogens is 570 g/mol. The third-order valence-electron chi connectivity index (χ3n) is 5.06. The molecule has 3 atom stereocenters. The number of carbonyl (C=O) groups excluding carboxylic acids is 3. The van der Waals surface area contributed by atoms with Gasteiger partial charge in [0, 0.05) is 11.5 Å². The van der Waals surface area contributed by atoms with Gasteiger partial charge in [0.2, 0.25) is 5.16 Å². The molecule has 186 valence electrons. The Morgan fingerprint density at radius 2 is 1.95 bits per heavy atom. The largest absolute Gasteiger partial charge is 1.00 e. The van der Waals surface area contributed by atoms with Crippen LogP contribution in [0.15, 0.2) is 46.8 Å². The van der Waals surface area contributed by atoms with E-state index in [1.807, 2.05) is 0 Å². The first-order valence-corrected chi connectivity index (χ1v) is 13.4. The van der Waals surface area contributed by atoms with Gasteiger partial charge in [-0.05, 0) is 21.6 Å². The summed E-state index contributed by atoms with van der Waals surface area (Å²) in [5.74, 6) is -3.95. The SMILES string of the molecule is O=C([O-])C1=C(CSc2nnnn2CS(=O)(=O)[O-])CS[C@H]2C(NC(=O)C(O)c3ccccc3)C(=O)N12.[Na+].[Na+]. The number of β-lactam (4-membered cyclic amide) rings is 1. The number of carboxylic acid groups (broad SMARTS) is 1. The number of aliphatic hydroxyl groups excluding tert-OH is 1. The molecule has 4 rings (SSSR count). The Balaban J connectivity index is 0.00000241. The molecule has 2 N–H and O–H groups in total. The van der Waals surface area contributed by atoms with Crippen LogP contribution in [0.5, 0.6) is 0 Å². The number of fused-ring (bicyclic) bond motifs is 1. The number of aliphatic hydroxyl groups is 1. The van der Waals surface area contributed by atoms with Crippen molar-refractivity contribution in [1.29, 1.82) is 0 Å². The van der Waals surface area contributed by atoms with Gasteiger partial charge in [0.05, 0.1) is 11.7 Å². The molecule has 0 saturated carbocycles. The second-order valence-corrected chi connectivity index (χ2v) is 10.8. The van der Waals surface area contributed by atoms with Gasteiger partial charge in [0.1, 0.15) is 27.4 Å². The minimum Gasteiger partial charge on any atom is -0.747 e. The smallest absolute Gasteiger partial charge is 0.747 e. The van der Waals surface area contributed by atoms with Gasteiger partial charge in [-0.1, -0.05) is 42.1 Å². The summed E-state index contributed by atoms with van der Waals surface area (Å²) < 4.78 is 33.7. The number of amides is 2. The second-order valence-electron chi connectivity index (χ2n) is 7.39. The van der Waals surface area contributed by atoms with E-state index >= 15 is 0 Å². The number of hydrogen-bond donors (Lipinski definition) is 2. The van der Waals surface area contributed by atoms with Crippen molar-refractivity contribution in [2.45, 2.75) is 28.6 Å². The van der Waals surface area contributed by atoms with Crippen LogP contribution in [0.2, 0.25) is 0 Å². The molecule has 2 amide bonds. The molecule has 1 fully saturated rings. The maximum atomic E-state index is 12.7. The fourth-order valence-corrected chi connectivity index (χ4v) is 6.40. The standard InChI is InChI=1S/C18H18N6O8S3.2Na/c25-13(9-4-2-1-3-5-9)14(26)19-11-15(27)24-12(17(28)29)10(6-33-16(11)24)7-34-18-20-21-22-23(18)8-35(30,31)32;;/h1-5,11,13,16,25H,6-8H2,(H,19,26)(H,28,29)(H,30,31,32);;/q;2*+1/p-2/t11?,13?,16-;;/m0../s1. The van der Waals surface area contributed by atoms with Crippen LogP contribution in [0.3, 0.4) is 0 Å². The van der Waals surface area contributed by atoms with Crippen molar-refractivity contribution < 1.29 is 96.7 Å². The monoisotopic (exact) mass is 586 g/mol. The quantitative estimate of drug-likeness (QED) is 0.121. The van der Waals surface area contributed by atoms with Crippen LogP contribution in [0.25, 0.3) is 0 Å². The Labute approximate surface area is 263 Å². The molecule has 0 aliphatic carbocycles. The van der Waals surface area contributed by atoms with E-state index in [2.05, 4.69) is 20.8 Å². The third-order valence-corrected chi connectivity index (χ3v) is 8.00. The summed E-state index contributed by atoms with van der Waals surface area (Å²) in [4.78, 5) is 38.0. The zero-order valence-electron chi connectivity index (χ0n) is 19.5. The van der Waals surface area contributed by atoms with Gasteiger partial charge >= 0.3 is 59.1 Å². The van der Waals surface area contributed by atoms with Crippen LogP contribution in [-0.4, -0.2) is 83.9 Å². The average molecular weight is 587 g/mol. The zero-order chi connectivity index (χ0) is 25.3. The third kappa shape index (κ3) is 7.36. The predicted molar refractivity (Wildman–Crippen MR) is 117 cm³/mol. The van der Waals surface area contributed by atoms with Gasteiger partial charge in [-0.2, -0.15) is 0 Å². The molecular formula is C18H16N6Na2O8S3. The number of nitrogens with one attached hydrogen (secondary N) is 1. The molecule has 2 aliphatic rings. The Morgan fingerprint density at radius 1 is 1.27 bits per heavy atom. The molecule has 2 unspecified atom stereocenters. The normalized spacial score (nSPS) is 19.6. The fourth-order valence-electron chi connectivity index (χ4n) is 3.48. The number of nitrogens with zero attached hydrogens (tertiary/aromatic N) is 5. The van der Waals surface area contributed by atoms with Crippen LogP contribution >= 0.6 is 23.5 Å². The molecule has 19 heteroatoms. The van der Waals surface area contributed by atoms with E-state index in [4.69, 9.17) is 0 Å². The van der Waals surface area contributed by atoms with E-state index in [-0.39, 0.29) is 81.5 Å². The molecule has 2 aliphatic heterocycles. The van der Waals surface area contributed by atoms with Crippen LogP contribution in [0.1, 0.15) is 11.7 Å². The maximum Gasteiger partial charge on any atom is 1.00 e. The summed E-state index contributed by atoms with van der Waals surface area (Å²) in [5.41, 5.74) is 0.265. The van der Waals surface area contributed by atoms with Crippen LogP contribution in [0.4, 0.5) is 0 Å². The summed E-state index contributed by atoms with van der Waals surface area (Å²) >= 11 is 2.08. The van der Waals surface area contributed by atoms with Crippen LogP contribution in [0, 0.1) is 0 Å². The second kappa shape index (κ2) is 13.4. The summed E-state index contributed by atoms with van der Waals surface area (Å²) in [6.07, 6.45) is -1.50. The Bertz CT molecular complexity index is 1310. The first-order valence-electron chi connectivity index (χ1n) is 9.81. The van der Waals surface area contributed by atoms with Crippen molar-refractivity contribution in [3.05, 3.63) is 47.2 Å². The van der Waals surface area contributed by atoms with E-state index in [0.717, 1.165) is 21.3 Å². The number of aromatic nitrogens is 4. The molecule has 2 aromatic rings. The Morgan fingerprint density at radius 3 is 2.57 bits per heavy atom. The summed E-state index contributed by atoms with van der Waals surface area (Å²) in [6, 6.07) is 7.08. The van der Waals surface area contributed by atoms with Gasteiger partial charge < -0.3 is 24.9 Å². The average Bonchev–Trinajstić information content (AvgIpc) is 3.25. The minimum absolute atomic E-state index is 0. The first-order chi connectivity index (χ1) is 16.6. The van der Waals surface area contributed by atoms with Crippen molar-refractivity contribution in [1.82, 2.24) is 30.4 Å². The molecule has 0 radical (unpaired) electrons. The van der Waals surface area contributed by atoms with Gasteiger partial charge in [0.25, 0.3) is 11.8 Å². The Kier molecular flexibility index (Phi) is 11.7. The van der Waals surface area contributed by atoms with E-state index in [1.165, 1.54) is 11.8 Å². The van der Waals surface area contributed by atoms with E-state index in [0.29, 0.717) is 11.1 Å². The predicted octanol–water partition coefficient (Wildman–Crippen LogP) is -8.59. The molecule has 1 aromatic carbocycles. The fraction of sp³-hybridized carbons (Fsp3) is 0.333. The van der Waals surface area contributed by atoms with Crippen molar-refractivity contribution in [2.24, 2.45) is 0 Å². The van der Waals surface area contributed by atoms with Gasteiger partial charge in [-0.3, -0.25) is 14.5 Å². The van der Waals surface area contributed by atoms with E-state index < -0.39 is 51.3 Å². The van der Waals surface area contributed by atoms with Gasteiger partial charge in [-0.25, -0.2) is 13.1 Å². The van der Waals surface area contributed by atoms with Crippen molar-refractivity contribution >= 4 is 51.4 Å². The number of benzene rings is 1. The van der Waals surface area contributed by atoms with Crippen LogP contribution in [-0.2, 0) is 30.4 Å². The van der Waals surface area contributed by atoms with Crippen LogP contribution < -0.4 is 69.5 Å². The number of carbonyl (C=O) groups is 3. The molecule has 14 nitrogen and oxygen atoms in total. The molecule has 3 heterocycles. The molecule has 37 heavy (non-hydrogen) atoms. The molecule has 0 spiro atoms. The molecule has 1 aromatic heterocycles. The topological polar surface area (TPSA) is 211 Å². The Hall–Kier alpha value is -0.990. The zero-order valence-corrected chi connectivity index (χ0v) is 26.0. The number of rotatable bonds is 9. The van der Waals surface area contributed by atoms with Gasteiger partial charge in [0.15, 0.2) is 6.10 Å². The molecule has 1 saturated heterocycles. The molecule has 0 bridgehead atoms. The van der Waals surface area contributed by atoms with Crippen molar-refractivity contribution in [2.75, 3.05) is 11.5 Å². The number of carboxylic acids is 1. The minimum atomic E-state index is -4.66. The summed E-state index contributed by atoms with van der Waals surface area (Å²) in [6.45, 7) is 0. The summed E-state index contributed by atoms with van der Waals surface area (Å²) in [7, 11) is -4.66. The van der Waals surface area contributed by atoms with Crippen molar-refractivity contribution in [3.8, 4) is 0 Å². The van der Waals surface area contributed by atoms with Gasteiger partial charge in [-0.15, -0.1) is 16.9 Å². The number of tetrazole rings is 1. The summed E-state index contributed by atoms with van der Waals surface area (Å²) in [5, 5.41) is 34.2. The maximum absolute atomic E-state index is 12.7. The number of hydrogen-bond acceptors (Lipinski definition) is 13.